The third-order valence-electron chi connectivity index (χ3n) is 2.14. The molecule has 7 nitrogen and oxygen atoms in total. The van der Waals surface area contributed by atoms with Gasteiger partial charge in [-0.05, 0) is 12.5 Å². The molecule has 1 rings (SSSR count). The molecule has 18 heavy (non-hydrogen) atoms. The molecule has 0 spiro atoms. The molecular formula is C11H17N3O4. The fourth-order valence-corrected chi connectivity index (χ4v) is 1.26. The van der Waals surface area contributed by atoms with E-state index in [0.29, 0.717) is 26.4 Å². The number of hydrogen-bond acceptors (Lipinski definition) is 6. The Bertz CT molecular complexity index is 373. The van der Waals surface area contributed by atoms with E-state index in [-0.39, 0.29) is 11.4 Å². The highest BCUT2D eigenvalue weighted by atomic mass is 16.5. The highest BCUT2D eigenvalue weighted by Crippen LogP contribution is 2.09. The van der Waals surface area contributed by atoms with Crippen LogP contribution in [0.3, 0.4) is 0 Å². The average Bonchev–Trinajstić information content (AvgIpc) is 2.38. The molecule has 0 unspecified atom stereocenters. The van der Waals surface area contributed by atoms with Crippen LogP contribution >= 0.6 is 0 Å². The third kappa shape index (κ3) is 5.07. The van der Waals surface area contributed by atoms with Gasteiger partial charge in [0.25, 0.3) is 0 Å². The first-order chi connectivity index (χ1) is 8.75. The van der Waals surface area contributed by atoms with Crippen LogP contribution < -0.4 is 5.32 Å². The molecule has 0 fully saturated rings. The van der Waals surface area contributed by atoms with Crippen molar-refractivity contribution in [3.63, 3.8) is 0 Å². The molecule has 1 aromatic rings. The second-order valence-electron chi connectivity index (χ2n) is 3.48. The predicted octanol–water partition coefficient (Wildman–Crippen LogP) is 0.640. The van der Waals surface area contributed by atoms with Crippen LogP contribution in [0.4, 0.5) is 5.82 Å². The van der Waals surface area contributed by atoms with E-state index in [0.717, 1.165) is 6.42 Å². The standard InChI is InChI=1S/C11H17N3O4/c1-17-7-8-18-6-2-4-12-10-9(11(15)16)3-5-13-14-10/h3,5H,2,4,6-8H2,1H3,(H,12,14)(H,15,16). The van der Waals surface area contributed by atoms with E-state index in [1.54, 1.807) is 7.11 Å². The first kappa shape index (κ1) is 14.3. The summed E-state index contributed by atoms with van der Waals surface area (Å²) >= 11 is 0. The first-order valence-corrected chi connectivity index (χ1v) is 5.61. The number of aromatic carboxylic acids is 1. The van der Waals surface area contributed by atoms with Crippen molar-refractivity contribution < 1.29 is 19.4 Å². The van der Waals surface area contributed by atoms with Gasteiger partial charge < -0.3 is 19.9 Å². The lowest BCUT2D eigenvalue weighted by atomic mass is 10.3. The summed E-state index contributed by atoms with van der Waals surface area (Å²) in [5.74, 6) is -0.745. The number of anilines is 1. The Labute approximate surface area is 105 Å². The molecule has 2 N–H and O–H groups in total. The number of ether oxygens (including phenoxy) is 2. The van der Waals surface area contributed by atoms with E-state index in [4.69, 9.17) is 14.6 Å². The summed E-state index contributed by atoms with van der Waals surface area (Å²) in [5.41, 5.74) is 0.116. The maximum Gasteiger partial charge on any atom is 0.339 e. The minimum atomic E-state index is -1.02. The number of methoxy groups -OCH3 is 1. The molecule has 0 amide bonds. The highest BCUT2D eigenvalue weighted by molar-refractivity contribution is 5.92. The number of carbonyl (C=O) groups is 1. The number of nitrogens with one attached hydrogen (secondary N) is 1. The lowest BCUT2D eigenvalue weighted by Crippen LogP contribution is -2.12. The lowest BCUT2D eigenvalue weighted by Gasteiger charge is -2.07. The van der Waals surface area contributed by atoms with Crippen LogP contribution in [-0.4, -0.2) is 54.7 Å². The van der Waals surface area contributed by atoms with Gasteiger partial charge in [0.2, 0.25) is 0 Å². The van der Waals surface area contributed by atoms with Crippen molar-refractivity contribution in [1.29, 1.82) is 0 Å². The zero-order chi connectivity index (χ0) is 13.2. The van der Waals surface area contributed by atoms with Crippen LogP contribution in [0.2, 0.25) is 0 Å². The molecule has 1 aromatic heterocycles. The van der Waals surface area contributed by atoms with E-state index in [9.17, 15) is 4.79 Å². The van der Waals surface area contributed by atoms with Crippen molar-refractivity contribution in [2.75, 3.05) is 38.8 Å². The molecule has 0 aliphatic heterocycles. The zero-order valence-corrected chi connectivity index (χ0v) is 10.3. The van der Waals surface area contributed by atoms with Gasteiger partial charge in [0.1, 0.15) is 5.56 Å². The summed E-state index contributed by atoms with van der Waals surface area (Å²) in [6.07, 6.45) is 2.10. The van der Waals surface area contributed by atoms with Crippen molar-refractivity contribution in [2.45, 2.75) is 6.42 Å². The number of nitrogens with zero attached hydrogens (tertiary/aromatic N) is 2. The minimum Gasteiger partial charge on any atom is -0.478 e. The van der Waals surface area contributed by atoms with Gasteiger partial charge in [-0.15, -0.1) is 5.10 Å². The van der Waals surface area contributed by atoms with Gasteiger partial charge in [0.15, 0.2) is 5.82 Å². The average molecular weight is 255 g/mol. The molecule has 0 radical (unpaired) electrons. The SMILES string of the molecule is COCCOCCCNc1nnccc1C(=O)O. The topological polar surface area (TPSA) is 93.6 Å². The molecule has 0 atom stereocenters. The third-order valence-corrected chi connectivity index (χ3v) is 2.14. The second kappa shape index (κ2) is 8.37. The Morgan fingerprint density at radius 1 is 1.44 bits per heavy atom. The van der Waals surface area contributed by atoms with Crippen molar-refractivity contribution in [3.8, 4) is 0 Å². The Morgan fingerprint density at radius 2 is 2.28 bits per heavy atom. The normalized spacial score (nSPS) is 10.3. The number of carboxylic acid groups (broad SMARTS) is 1. The van der Waals surface area contributed by atoms with E-state index < -0.39 is 5.97 Å². The Kier molecular flexibility index (Phi) is 6.67. The van der Waals surface area contributed by atoms with E-state index in [2.05, 4.69) is 15.5 Å². The molecule has 1 heterocycles. The molecule has 0 bridgehead atoms. The maximum absolute atomic E-state index is 10.9. The van der Waals surface area contributed by atoms with Gasteiger partial charge in [-0.25, -0.2) is 4.79 Å². The van der Waals surface area contributed by atoms with Crippen molar-refractivity contribution >= 4 is 11.8 Å². The highest BCUT2D eigenvalue weighted by Gasteiger charge is 2.10. The fourth-order valence-electron chi connectivity index (χ4n) is 1.26. The monoisotopic (exact) mass is 255 g/mol. The number of carboxylic acids is 1. The largest absolute Gasteiger partial charge is 0.478 e. The molecule has 100 valence electrons. The number of aromatic nitrogens is 2. The molecule has 0 saturated heterocycles. The van der Waals surface area contributed by atoms with E-state index >= 15 is 0 Å². The summed E-state index contributed by atoms with van der Waals surface area (Å²) in [6, 6.07) is 1.41. The molecule has 0 saturated carbocycles. The molecule has 0 aromatic carbocycles. The molecule has 0 aliphatic carbocycles. The summed E-state index contributed by atoms with van der Waals surface area (Å²) in [7, 11) is 1.62. The van der Waals surface area contributed by atoms with Gasteiger partial charge in [0, 0.05) is 20.3 Å². The Hall–Kier alpha value is -1.73. The molecule has 7 heteroatoms. The summed E-state index contributed by atoms with van der Waals surface area (Å²) < 4.78 is 10.1. The summed E-state index contributed by atoms with van der Waals surface area (Å²) in [6.45, 7) is 2.29. The smallest absolute Gasteiger partial charge is 0.339 e. The quantitative estimate of drug-likeness (QED) is 0.625. The van der Waals surface area contributed by atoms with Gasteiger partial charge in [-0.3, -0.25) is 0 Å². The minimum absolute atomic E-state index is 0.116. The van der Waals surface area contributed by atoms with Gasteiger partial charge in [-0.1, -0.05) is 0 Å². The fraction of sp³-hybridized carbons (Fsp3) is 0.545. The Morgan fingerprint density at radius 3 is 3.00 bits per heavy atom. The molecule has 0 aliphatic rings. The predicted molar refractivity (Wildman–Crippen MR) is 64.8 cm³/mol. The van der Waals surface area contributed by atoms with Crippen LogP contribution in [0.15, 0.2) is 12.3 Å². The zero-order valence-electron chi connectivity index (χ0n) is 10.3. The molecular weight excluding hydrogens is 238 g/mol. The second-order valence-corrected chi connectivity index (χ2v) is 3.48. The summed E-state index contributed by atoms with van der Waals surface area (Å²) in [4.78, 5) is 10.9. The van der Waals surface area contributed by atoms with Crippen LogP contribution in [0.25, 0.3) is 0 Å². The number of hydrogen-bond donors (Lipinski definition) is 2. The van der Waals surface area contributed by atoms with Crippen LogP contribution in [0, 0.1) is 0 Å². The lowest BCUT2D eigenvalue weighted by molar-refractivity contribution is 0.0696. The summed E-state index contributed by atoms with van der Waals surface area (Å²) in [5, 5.41) is 19.2. The van der Waals surface area contributed by atoms with Gasteiger partial charge in [0.05, 0.1) is 19.4 Å². The van der Waals surface area contributed by atoms with Crippen LogP contribution in [0.1, 0.15) is 16.8 Å². The first-order valence-electron chi connectivity index (χ1n) is 5.61. The van der Waals surface area contributed by atoms with Crippen LogP contribution in [0.5, 0.6) is 0 Å². The van der Waals surface area contributed by atoms with Crippen molar-refractivity contribution in [2.24, 2.45) is 0 Å². The maximum atomic E-state index is 10.9. The van der Waals surface area contributed by atoms with E-state index in [1.807, 2.05) is 0 Å². The van der Waals surface area contributed by atoms with Gasteiger partial charge in [-0.2, -0.15) is 5.10 Å². The van der Waals surface area contributed by atoms with Crippen molar-refractivity contribution in [3.05, 3.63) is 17.8 Å². The van der Waals surface area contributed by atoms with Gasteiger partial charge >= 0.3 is 5.97 Å². The van der Waals surface area contributed by atoms with Crippen LogP contribution in [-0.2, 0) is 9.47 Å². The number of rotatable bonds is 9. The van der Waals surface area contributed by atoms with Crippen molar-refractivity contribution in [1.82, 2.24) is 10.2 Å². The Balaban J connectivity index is 2.25. The van der Waals surface area contributed by atoms with E-state index in [1.165, 1.54) is 12.3 Å².